The van der Waals surface area contributed by atoms with Gasteiger partial charge in [-0.25, -0.2) is 0 Å². The molecule has 22 heavy (non-hydrogen) atoms. The highest BCUT2D eigenvalue weighted by Crippen LogP contribution is 2.23. The summed E-state index contributed by atoms with van der Waals surface area (Å²) >= 11 is 0. The monoisotopic (exact) mass is 305 g/mol. The maximum atomic E-state index is 12.1. The highest BCUT2D eigenvalue weighted by atomic mass is 16.5. The van der Waals surface area contributed by atoms with Crippen LogP contribution in [-0.2, 0) is 4.79 Å². The number of nitrogens with one attached hydrogen (secondary N) is 2. The molecule has 0 spiro atoms. The van der Waals surface area contributed by atoms with E-state index in [1.54, 1.807) is 0 Å². The number of para-hydroxylation sites is 1. The number of carbonyl (C=O) groups is 1. The van der Waals surface area contributed by atoms with Crippen molar-refractivity contribution in [1.29, 1.82) is 0 Å². The highest BCUT2D eigenvalue weighted by Gasteiger charge is 2.23. The lowest BCUT2D eigenvalue weighted by Gasteiger charge is -2.29. The van der Waals surface area contributed by atoms with Crippen LogP contribution in [0.4, 0.5) is 0 Å². The molecule has 0 bridgehead atoms. The molecular weight excluding hydrogens is 276 g/mol. The second-order valence-corrected chi connectivity index (χ2v) is 6.48. The van der Waals surface area contributed by atoms with Gasteiger partial charge in [-0.1, -0.05) is 38.0 Å². The van der Waals surface area contributed by atoms with E-state index in [0.29, 0.717) is 25.1 Å². The van der Waals surface area contributed by atoms with Crippen molar-refractivity contribution in [1.82, 2.24) is 5.32 Å². The zero-order valence-corrected chi connectivity index (χ0v) is 13.8. The Hall–Kier alpha value is -1.55. The van der Waals surface area contributed by atoms with Gasteiger partial charge < -0.3 is 15.0 Å². The fourth-order valence-corrected chi connectivity index (χ4v) is 3.01. The summed E-state index contributed by atoms with van der Waals surface area (Å²) in [7, 11) is 2.04. The van der Waals surface area contributed by atoms with Gasteiger partial charge in [-0.15, -0.1) is 0 Å². The van der Waals surface area contributed by atoms with E-state index >= 15 is 0 Å². The van der Waals surface area contributed by atoms with Crippen molar-refractivity contribution >= 4 is 5.91 Å². The smallest absolute Gasteiger partial charge is 0.275 e. The topological polar surface area (TPSA) is 42.8 Å². The Balaban J connectivity index is 1.63. The third-order valence-corrected chi connectivity index (χ3v) is 4.46. The molecule has 2 N–H and O–H groups in total. The quantitative estimate of drug-likeness (QED) is 0.797. The number of ether oxygens (including phenoxy) is 1. The summed E-state index contributed by atoms with van der Waals surface area (Å²) in [6, 6.07) is 10.2. The van der Waals surface area contributed by atoms with Gasteiger partial charge in [-0.2, -0.15) is 0 Å². The average molecular weight is 305 g/mol. The molecule has 4 heteroatoms. The number of hydrogen-bond acceptors (Lipinski definition) is 2. The van der Waals surface area contributed by atoms with Crippen LogP contribution in [0.25, 0.3) is 0 Å². The predicted octanol–water partition coefficient (Wildman–Crippen LogP) is 1.28. The van der Waals surface area contributed by atoms with Crippen LogP contribution in [0.3, 0.4) is 0 Å². The summed E-state index contributed by atoms with van der Waals surface area (Å²) in [4.78, 5) is 13.3. The van der Waals surface area contributed by atoms with Crippen LogP contribution in [0, 0.1) is 5.92 Å². The minimum atomic E-state index is 0.163. The molecule has 1 unspecified atom stereocenters. The Morgan fingerprint density at radius 1 is 1.27 bits per heavy atom. The summed E-state index contributed by atoms with van der Waals surface area (Å²) in [5, 5.41) is 3.21. The van der Waals surface area contributed by atoms with E-state index in [4.69, 9.17) is 4.74 Å². The zero-order chi connectivity index (χ0) is 15.8. The van der Waals surface area contributed by atoms with Gasteiger partial charge in [0.15, 0.2) is 6.54 Å². The van der Waals surface area contributed by atoms with E-state index < -0.39 is 0 Å². The number of rotatable bonds is 7. The largest absolute Gasteiger partial charge is 0.488 e. The molecule has 1 aromatic carbocycles. The molecule has 2 rings (SSSR count). The van der Waals surface area contributed by atoms with E-state index in [1.165, 1.54) is 24.2 Å². The summed E-state index contributed by atoms with van der Waals surface area (Å²) < 4.78 is 5.67. The minimum Gasteiger partial charge on any atom is -0.488 e. The fourth-order valence-electron chi connectivity index (χ4n) is 3.01. The predicted molar refractivity (Wildman–Crippen MR) is 88.1 cm³/mol. The Kier molecular flexibility index (Phi) is 6.72. The summed E-state index contributed by atoms with van der Waals surface area (Å²) in [5.74, 6) is 1.66. The van der Waals surface area contributed by atoms with Crippen LogP contribution in [0.2, 0.25) is 0 Å². The van der Waals surface area contributed by atoms with Crippen LogP contribution in [-0.4, -0.2) is 38.7 Å². The number of likely N-dealkylation sites (N-methyl/N-ethyl adjacent to an activating group) is 1. The Labute approximate surface area is 133 Å². The second-order valence-electron chi connectivity index (χ2n) is 6.48. The highest BCUT2D eigenvalue weighted by molar-refractivity contribution is 5.77. The van der Waals surface area contributed by atoms with Gasteiger partial charge in [0.1, 0.15) is 18.9 Å². The molecule has 1 aliphatic rings. The SMILES string of the molecule is C[C@H]1CCCC[C@H]1NC(=O)C[NH+](C)CCOc1ccccc1. The van der Waals surface area contributed by atoms with Crippen molar-refractivity contribution in [3.8, 4) is 5.75 Å². The first-order valence-corrected chi connectivity index (χ1v) is 8.43. The van der Waals surface area contributed by atoms with Crippen molar-refractivity contribution < 1.29 is 14.4 Å². The molecule has 1 aliphatic carbocycles. The maximum Gasteiger partial charge on any atom is 0.275 e. The van der Waals surface area contributed by atoms with Crippen molar-refractivity contribution in [2.75, 3.05) is 26.7 Å². The first-order chi connectivity index (χ1) is 10.6. The lowest BCUT2D eigenvalue weighted by molar-refractivity contribution is -0.871. The standard InChI is InChI=1S/C18H28N2O2/c1-15-8-6-7-11-17(15)19-18(21)14-20(2)12-13-22-16-9-4-3-5-10-16/h3-5,9-10,15,17H,6-8,11-14H2,1-2H3,(H,19,21)/p+1/t15-,17+/m0/s1. The van der Waals surface area contributed by atoms with E-state index in [1.807, 2.05) is 37.4 Å². The van der Waals surface area contributed by atoms with Crippen molar-refractivity contribution in [3.05, 3.63) is 30.3 Å². The third-order valence-electron chi connectivity index (χ3n) is 4.46. The molecule has 1 aromatic rings. The van der Waals surface area contributed by atoms with Gasteiger partial charge in [0.05, 0.1) is 7.05 Å². The lowest BCUT2D eigenvalue weighted by Crippen LogP contribution is -3.10. The number of quaternary nitrogens is 1. The summed E-state index contributed by atoms with van der Waals surface area (Å²) in [5.41, 5.74) is 0. The van der Waals surface area contributed by atoms with E-state index in [-0.39, 0.29) is 5.91 Å². The number of hydrogen-bond donors (Lipinski definition) is 2. The Morgan fingerprint density at radius 3 is 2.73 bits per heavy atom. The Morgan fingerprint density at radius 2 is 2.00 bits per heavy atom. The molecule has 0 aromatic heterocycles. The van der Waals surface area contributed by atoms with E-state index in [9.17, 15) is 4.79 Å². The molecule has 1 saturated carbocycles. The van der Waals surface area contributed by atoms with Crippen LogP contribution >= 0.6 is 0 Å². The molecule has 3 atom stereocenters. The van der Waals surface area contributed by atoms with Crippen molar-refractivity contribution in [2.45, 2.75) is 38.6 Å². The van der Waals surface area contributed by atoms with Gasteiger partial charge >= 0.3 is 0 Å². The molecule has 1 amide bonds. The first-order valence-electron chi connectivity index (χ1n) is 8.43. The van der Waals surface area contributed by atoms with E-state index in [2.05, 4.69) is 12.2 Å². The molecule has 0 aliphatic heterocycles. The Bertz CT molecular complexity index is 450. The van der Waals surface area contributed by atoms with Gasteiger partial charge in [0.2, 0.25) is 0 Å². The van der Waals surface area contributed by atoms with Crippen LogP contribution in [0.1, 0.15) is 32.6 Å². The first kappa shape index (κ1) is 16.8. The summed E-state index contributed by atoms with van der Waals surface area (Å²) in [6.07, 6.45) is 4.90. The normalized spacial score (nSPS) is 22.8. The third kappa shape index (κ3) is 5.68. The summed E-state index contributed by atoms with van der Waals surface area (Å²) in [6.45, 7) is 4.21. The molecule has 4 nitrogen and oxygen atoms in total. The fraction of sp³-hybridized carbons (Fsp3) is 0.611. The van der Waals surface area contributed by atoms with Crippen LogP contribution in [0.5, 0.6) is 5.75 Å². The van der Waals surface area contributed by atoms with Crippen molar-refractivity contribution in [2.24, 2.45) is 5.92 Å². The minimum absolute atomic E-state index is 0.163. The molecule has 122 valence electrons. The maximum absolute atomic E-state index is 12.1. The van der Waals surface area contributed by atoms with Crippen LogP contribution < -0.4 is 15.0 Å². The number of benzene rings is 1. The van der Waals surface area contributed by atoms with Crippen LogP contribution in [0.15, 0.2) is 30.3 Å². The molecule has 0 radical (unpaired) electrons. The number of carbonyl (C=O) groups excluding carboxylic acids is 1. The van der Waals surface area contributed by atoms with E-state index in [0.717, 1.165) is 18.7 Å². The van der Waals surface area contributed by atoms with Gasteiger partial charge in [-0.05, 0) is 30.9 Å². The van der Waals surface area contributed by atoms with Gasteiger partial charge in [-0.3, -0.25) is 4.79 Å². The number of amides is 1. The molecule has 0 saturated heterocycles. The lowest BCUT2D eigenvalue weighted by atomic mass is 9.86. The second kappa shape index (κ2) is 8.79. The zero-order valence-electron chi connectivity index (χ0n) is 13.8. The molecule has 0 heterocycles. The van der Waals surface area contributed by atoms with Gasteiger partial charge in [0.25, 0.3) is 5.91 Å². The average Bonchev–Trinajstić information content (AvgIpc) is 2.50. The molecular formula is C18H29N2O2+. The molecule has 1 fully saturated rings. The van der Waals surface area contributed by atoms with Gasteiger partial charge in [0, 0.05) is 6.04 Å². The van der Waals surface area contributed by atoms with Crippen molar-refractivity contribution in [3.63, 3.8) is 0 Å².